The molecule has 3 rings (SSSR count). The van der Waals surface area contributed by atoms with Gasteiger partial charge in [0.1, 0.15) is 5.82 Å². The van der Waals surface area contributed by atoms with E-state index in [-0.39, 0.29) is 6.61 Å². The molecule has 2 atom stereocenters. The fourth-order valence-corrected chi connectivity index (χ4v) is 4.71. The molecule has 5 nitrogen and oxygen atoms in total. The summed E-state index contributed by atoms with van der Waals surface area (Å²) >= 11 is 1.57. The summed E-state index contributed by atoms with van der Waals surface area (Å²) in [6, 6.07) is 0.885. The highest BCUT2D eigenvalue weighted by molar-refractivity contribution is 7.09. The number of anilines is 1. The quantitative estimate of drug-likeness (QED) is 0.922. The van der Waals surface area contributed by atoms with Gasteiger partial charge in [-0.1, -0.05) is 19.3 Å². The summed E-state index contributed by atoms with van der Waals surface area (Å²) in [5.41, 5.74) is 0. The number of hydrogen-bond acceptors (Lipinski definition) is 6. The van der Waals surface area contributed by atoms with Crippen LogP contribution < -0.4 is 4.90 Å². The Morgan fingerprint density at radius 2 is 1.82 bits per heavy atom. The van der Waals surface area contributed by atoms with E-state index in [0.717, 1.165) is 30.6 Å². The average Bonchev–Trinajstić information content (AvgIpc) is 3.01. The largest absolute Gasteiger partial charge is 0.395 e. The molecule has 2 heterocycles. The molecule has 1 aromatic heterocycles. The van der Waals surface area contributed by atoms with E-state index in [1.54, 1.807) is 11.5 Å². The molecule has 1 aliphatic heterocycles. The van der Waals surface area contributed by atoms with Crippen molar-refractivity contribution >= 4 is 16.7 Å². The molecule has 6 heteroatoms. The highest BCUT2D eigenvalue weighted by Gasteiger charge is 2.31. The van der Waals surface area contributed by atoms with Crippen LogP contribution in [0.5, 0.6) is 0 Å². The maximum absolute atomic E-state index is 9.21. The summed E-state index contributed by atoms with van der Waals surface area (Å²) < 4.78 is 4.66. The van der Waals surface area contributed by atoms with Gasteiger partial charge < -0.3 is 10.0 Å². The van der Waals surface area contributed by atoms with E-state index in [9.17, 15) is 5.11 Å². The van der Waals surface area contributed by atoms with Gasteiger partial charge in [-0.05, 0) is 26.7 Å². The van der Waals surface area contributed by atoms with Crippen LogP contribution in [0.4, 0.5) is 5.13 Å². The Bertz CT molecular complexity index is 462. The average molecular weight is 324 g/mol. The molecule has 0 bridgehead atoms. The molecule has 22 heavy (non-hydrogen) atoms. The van der Waals surface area contributed by atoms with E-state index in [0.29, 0.717) is 18.0 Å². The normalized spacial score (nSPS) is 28.2. The Kier molecular flexibility index (Phi) is 5.31. The van der Waals surface area contributed by atoms with Crippen molar-refractivity contribution in [3.8, 4) is 0 Å². The number of aromatic nitrogens is 2. The molecule has 0 amide bonds. The van der Waals surface area contributed by atoms with Gasteiger partial charge in [0.05, 0.1) is 6.61 Å². The first-order valence-corrected chi connectivity index (χ1v) is 9.41. The Morgan fingerprint density at radius 1 is 1.14 bits per heavy atom. The maximum Gasteiger partial charge on any atom is 0.205 e. The van der Waals surface area contributed by atoms with Gasteiger partial charge in [-0.25, -0.2) is 4.98 Å². The number of aliphatic hydroxyl groups excluding tert-OH is 1. The van der Waals surface area contributed by atoms with Crippen LogP contribution in [0.3, 0.4) is 0 Å². The van der Waals surface area contributed by atoms with Crippen molar-refractivity contribution in [2.24, 2.45) is 0 Å². The van der Waals surface area contributed by atoms with Gasteiger partial charge in [0, 0.05) is 49.2 Å². The fourth-order valence-electron chi connectivity index (χ4n) is 3.95. The number of β-amino-alcohol motifs (C(OH)–C–C–N with tert-alkyl or cyclic N) is 1. The fraction of sp³-hybridized carbons (Fsp3) is 0.875. The lowest BCUT2D eigenvalue weighted by Gasteiger charge is -2.44. The molecule has 1 aliphatic carbocycles. The van der Waals surface area contributed by atoms with Crippen molar-refractivity contribution < 1.29 is 5.11 Å². The summed E-state index contributed by atoms with van der Waals surface area (Å²) in [6.45, 7) is 7.43. The zero-order valence-corrected chi connectivity index (χ0v) is 14.6. The molecule has 1 N–H and O–H groups in total. The Balaban J connectivity index is 1.66. The summed E-state index contributed by atoms with van der Waals surface area (Å²) in [4.78, 5) is 9.63. The first kappa shape index (κ1) is 16.1. The molecular weight excluding hydrogens is 296 g/mol. The highest BCUT2D eigenvalue weighted by Crippen LogP contribution is 2.33. The summed E-state index contributed by atoms with van der Waals surface area (Å²) in [6.07, 6.45) is 6.54. The Labute approximate surface area is 137 Å². The predicted molar refractivity (Wildman–Crippen MR) is 90.7 cm³/mol. The van der Waals surface area contributed by atoms with Gasteiger partial charge in [0.25, 0.3) is 0 Å². The van der Waals surface area contributed by atoms with Gasteiger partial charge in [0.2, 0.25) is 5.13 Å². The van der Waals surface area contributed by atoms with Crippen LogP contribution in [0.2, 0.25) is 0 Å². The minimum Gasteiger partial charge on any atom is -0.395 e. The zero-order valence-electron chi connectivity index (χ0n) is 13.7. The molecule has 0 spiro atoms. The second-order valence-corrected chi connectivity index (χ2v) is 7.56. The minimum atomic E-state index is 0.235. The van der Waals surface area contributed by atoms with E-state index in [4.69, 9.17) is 4.98 Å². The summed E-state index contributed by atoms with van der Waals surface area (Å²) in [5.74, 6) is 1.67. The van der Waals surface area contributed by atoms with Crippen LogP contribution in [-0.4, -0.2) is 57.7 Å². The molecule has 0 aromatic carbocycles. The third-order valence-electron chi connectivity index (χ3n) is 5.13. The Morgan fingerprint density at radius 3 is 2.45 bits per heavy atom. The van der Waals surface area contributed by atoms with Gasteiger partial charge in [0.15, 0.2) is 0 Å². The third kappa shape index (κ3) is 3.44. The second-order valence-electron chi connectivity index (χ2n) is 6.83. The molecule has 0 unspecified atom stereocenters. The number of rotatable bonds is 4. The van der Waals surface area contributed by atoms with Crippen LogP contribution in [-0.2, 0) is 0 Å². The van der Waals surface area contributed by atoms with Gasteiger partial charge in [-0.15, -0.1) is 0 Å². The standard InChI is InChI=1S/C16H28N4OS/c1-12-10-19(11-13(2)20(12)8-9-21)16-17-15(18-22-16)14-6-4-3-5-7-14/h12-14,21H,3-11H2,1-2H3/t12-,13+. The smallest absolute Gasteiger partial charge is 0.205 e. The van der Waals surface area contributed by atoms with Crippen molar-refractivity contribution in [3.05, 3.63) is 5.82 Å². The van der Waals surface area contributed by atoms with E-state index in [2.05, 4.69) is 28.0 Å². The van der Waals surface area contributed by atoms with Crippen LogP contribution in [0.15, 0.2) is 0 Å². The van der Waals surface area contributed by atoms with Gasteiger partial charge in [-0.3, -0.25) is 4.90 Å². The van der Waals surface area contributed by atoms with E-state index < -0.39 is 0 Å². The van der Waals surface area contributed by atoms with Gasteiger partial charge in [-0.2, -0.15) is 4.37 Å². The van der Waals surface area contributed by atoms with Crippen LogP contribution >= 0.6 is 11.5 Å². The van der Waals surface area contributed by atoms with Crippen molar-refractivity contribution in [1.82, 2.24) is 14.3 Å². The third-order valence-corrected chi connectivity index (χ3v) is 5.92. The number of piperazine rings is 1. The maximum atomic E-state index is 9.21. The lowest BCUT2D eigenvalue weighted by atomic mass is 9.89. The molecule has 0 radical (unpaired) electrons. The minimum absolute atomic E-state index is 0.235. The first-order valence-electron chi connectivity index (χ1n) is 8.64. The second kappa shape index (κ2) is 7.23. The molecule has 2 aliphatic rings. The Hall–Kier alpha value is -0.720. The predicted octanol–water partition coefficient (Wildman–Crippen LogP) is 2.48. The number of hydrogen-bond donors (Lipinski definition) is 1. The molecule has 124 valence electrons. The number of nitrogens with zero attached hydrogens (tertiary/aromatic N) is 4. The zero-order chi connectivity index (χ0) is 15.5. The topological polar surface area (TPSA) is 52.5 Å². The van der Waals surface area contributed by atoms with Crippen LogP contribution in [0.25, 0.3) is 0 Å². The summed E-state index contributed by atoms with van der Waals surface area (Å²) in [5, 5.41) is 10.3. The molecule has 1 aromatic rings. The lowest BCUT2D eigenvalue weighted by molar-refractivity contribution is 0.103. The van der Waals surface area contributed by atoms with Crippen LogP contribution in [0, 0.1) is 0 Å². The van der Waals surface area contributed by atoms with Crippen molar-refractivity contribution in [1.29, 1.82) is 0 Å². The highest BCUT2D eigenvalue weighted by atomic mass is 32.1. The van der Waals surface area contributed by atoms with Crippen molar-refractivity contribution in [2.45, 2.75) is 64.0 Å². The van der Waals surface area contributed by atoms with E-state index in [1.165, 1.54) is 32.1 Å². The molecule has 1 saturated heterocycles. The first-order chi connectivity index (χ1) is 10.7. The number of aliphatic hydroxyl groups is 1. The SMILES string of the molecule is C[C@@H]1CN(c2nc(C3CCCCC3)ns2)C[C@H](C)N1CCO. The monoisotopic (exact) mass is 324 g/mol. The molecular formula is C16H28N4OS. The summed E-state index contributed by atoms with van der Waals surface area (Å²) in [7, 11) is 0. The van der Waals surface area contributed by atoms with Gasteiger partial charge >= 0.3 is 0 Å². The van der Waals surface area contributed by atoms with Crippen molar-refractivity contribution in [3.63, 3.8) is 0 Å². The van der Waals surface area contributed by atoms with Crippen LogP contribution in [0.1, 0.15) is 57.7 Å². The molecule has 2 fully saturated rings. The van der Waals surface area contributed by atoms with E-state index in [1.807, 2.05) is 0 Å². The lowest BCUT2D eigenvalue weighted by Crippen LogP contribution is -2.57. The van der Waals surface area contributed by atoms with E-state index >= 15 is 0 Å². The van der Waals surface area contributed by atoms with Crippen molar-refractivity contribution in [2.75, 3.05) is 31.1 Å². The molecule has 1 saturated carbocycles.